The highest BCUT2D eigenvalue weighted by Crippen LogP contribution is 2.10. The number of nitrogens with one attached hydrogen (secondary N) is 1. The summed E-state index contributed by atoms with van der Waals surface area (Å²) in [6.45, 7) is 3.80. The molecule has 0 saturated carbocycles. The van der Waals surface area contributed by atoms with E-state index in [1.54, 1.807) is 7.11 Å². The largest absolute Gasteiger partial charge is 0.497 e. The lowest BCUT2D eigenvalue weighted by Crippen LogP contribution is -2.12. The molecule has 1 N–H and O–H groups in total. The molecule has 0 radical (unpaired) electrons. The minimum Gasteiger partial charge on any atom is -0.497 e. The molecular formula is C15H21NO. The Labute approximate surface area is 104 Å². The van der Waals surface area contributed by atoms with Crippen LogP contribution in [-0.2, 0) is 6.54 Å². The van der Waals surface area contributed by atoms with E-state index >= 15 is 0 Å². The van der Waals surface area contributed by atoms with Crippen LogP contribution in [0, 0.1) is 11.8 Å². The van der Waals surface area contributed by atoms with Gasteiger partial charge in [-0.3, -0.25) is 0 Å². The second kappa shape index (κ2) is 8.66. The van der Waals surface area contributed by atoms with Crippen LogP contribution in [0.4, 0.5) is 0 Å². The first kappa shape index (κ1) is 13.6. The van der Waals surface area contributed by atoms with Gasteiger partial charge in [-0.2, -0.15) is 0 Å². The summed E-state index contributed by atoms with van der Waals surface area (Å²) < 4.78 is 5.11. The van der Waals surface area contributed by atoms with E-state index in [-0.39, 0.29) is 0 Å². The molecule has 1 rings (SSSR count). The standard InChI is InChI=1S/C15H21NO/c1-3-4-5-6-7-12-16-13-14-8-10-15(17-2)11-9-14/h8-11,16H,3-5,12-13H2,1-2H3. The maximum absolute atomic E-state index is 5.11. The van der Waals surface area contributed by atoms with Crippen LogP contribution in [0.5, 0.6) is 5.75 Å². The Morgan fingerprint density at radius 1 is 1.18 bits per heavy atom. The Kier molecular flexibility index (Phi) is 6.93. The van der Waals surface area contributed by atoms with Crippen molar-refractivity contribution in [2.45, 2.75) is 32.7 Å². The van der Waals surface area contributed by atoms with E-state index in [4.69, 9.17) is 4.74 Å². The molecule has 1 aromatic rings. The SMILES string of the molecule is CCCCC#CCNCc1ccc(OC)cc1. The van der Waals surface area contributed by atoms with Gasteiger partial charge >= 0.3 is 0 Å². The molecule has 1 aromatic carbocycles. The molecule has 0 aliphatic heterocycles. The van der Waals surface area contributed by atoms with Gasteiger partial charge in [-0.15, -0.1) is 5.92 Å². The number of benzene rings is 1. The zero-order chi connectivity index (χ0) is 12.3. The van der Waals surface area contributed by atoms with Crippen LogP contribution in [0.1, 0.15) is 31.7 Å². The summed E-state index contributed by atoms with van der Waals surface area (Å²) >= 11 is 0. The number of methoxy groups -OCH3 is 1. The van der Waals surface area contributed by atoms with Crippen LogP contribution in [0.25, 0.3) is 0 Å². The van der Waals surface area contributed by atoms with Gasteiger partial charge in [0, 0.05) is 13.0 Å². The normalized spacial score (nSPS) is 9.53. The first-order valence-corrected chi connectivity index (χ1v) is 6.16. The molecule has 17 heavy (non-hydrogen) atoms. The topological polar surface area (TPSA) is 21.3 Å². The third-order valence-corrected chi connectivity index (χ3v) is 2.48. The van der Waals surface area contributed by atoms with E-state index in [1.165, 1.54) is 18.4 Å². The number of rotatable bonds is 6. The minimum atomic E-state index is 0.760. The first-order chi connectivity index (χ1) is 8.36. The molecule has 0 saturated heterocycles. The summed E-state index contributed by atoms with van der Waals surface area (Å²) in [5.74, 6) is 7.18. The smallest absolute Gasteiger partial charge is 0.118 e. The van der Waals surface area contributed by atoms with Crippen molar-refractivity contribution in [1.82, 2.24) is 5.32 Å². The van der Waals surface area contributed by atoms with E-state index in [0.29, 0.717) is 0 Å². The van der Waals surface area contributed by atoms with Crippen LogP contribution >= 0.6 is 0 Å². The van der Waals surface area contributed by atoms with Crippen molar-refractivity contribution in [2.75, 3.05) is 13.7 Å². The molecule has 0 bridgehead atoms. The Balaban J connectivity index is 2.18. The third kappa shape index (κ3) is 5.99. The van der Waals surface area contributed by atoms with Crippen molar-refractivity contribution in [3.8, 4) is 17.6 Å². The zero-order valence-electron chi connectivity index (χ0n) is 10.8. The molecule has 2 nitrogen and oxygen atoms in total. The van der Waals surface area contributed by atoms with E-state index in [2.05, 4.69) is 36.2 Å². The van der Waals surface area contributed by atoms with Crippen LogP contribution in [0.15, 0.2) is 24.3 Å². The maximum atomic E-state index is 5.11. The first-order valence-electron chi connectivity index (χ1n) is 6.16. The van der Waals surface area contributed by atoms with Crippen LogP contribution < -0.4 is 10.1 Å². The number of ether oxygens (including phenoxy) is 1. The fraction of sp³-hybridized carbons (Fsp3) is 0.467. The van der Waals surface area contributed by atoms with Gasteiger partial charge in [0.15, 0.2) is 0 Å². The van der Waals surface area contributed by atoms with Gasteiger partial charge in [-0.05, 0) is 24.1 Å². The third-order valence-electron chi connectivity index (χ3n) is 2.48. The molecule has 0 fully saturated rings. The predicted octanol–water partition coefficient (Wildman–Crippen LogP) is 2.98. The molecule has 2 heteroatoms. The predicted molar refractivity (Wildman–Crippen MR) is 72.0 cm³/mol. The van der Waals surface area contributed by atoms with Gasteiger partial charge in [-0.25, -0.2) is 0 Å². The summed E-state index contributed by atoms with van der Waals surface area (Å²) in [5.41, 5.74) is 1.25. The van der Waals surface area contributed by atoms with Crippen molar-refractivity contribution < 1.29 is 4.74 Å². The summed E-state index contributed by atoms with van der Waals surface area (Å²) in [4.78, 5) is 0. The highest BCUT2D eigenvalue weighted by Gasteiger charge is 1.92. The van der Waals surface area contributed by atoms with Gasteiger partial charge in [0.05, 0.1) is 13.7 Å². The summed E-state index contributed by atoms with van der Waals surface area (Å²) in [5, 5.41) is 3.30. The van der Waals surface area contributed by atoms with Crippen LogP contribution in [0.2, 0.25) is 0 Å². The van der Waals surface area contributed by atoms with Gasteiger partial charge in [0.1, 0.15) is 5.75 Å². The number of hydrogen-bond acceptors (Lipinski definition) is 2. The molecular weight excluding hydrogens is 210 g/mol. The number of hydrogen-bond donors (Lipinski definition) is 1. The molecule has 0 aliphatic rings. The second-order valence-corrected chi connectivity index (χ2v) is 3.91. The Hall–Kier alpha value is -1.46. The Morgan fingerprint density at radius 2 is 1.94 bits per heavy atom. The second-order valence-electron chi connectivity index (χ2n) is 3.91. The average molecular weight is 231 g/mol. The highest BCUT2D eigenvalue weighted by atomic mass is 16.5. The lowest BCUT2D eigenvalue weighted by atomic mass is 10.2. The van der Waals surface area contributed by atoms with E-state index in [1.807, 2.05) is 12.1 Å². The molecule has 0 aliphatic carbocycles. The van der Waals surface area contributed by atoms with Gasteiger partial charge in [-0.1, -0.05) is 31.4 Å². The van der Waals surface area contributed by atoms with Crippen LogP contribution in [0.3, 0.4) is 0 Å². The van der Waals surface area contributed by atoms with Crippen molar-refractivity contribution in [3.05, 3.63) is 29.8 Å². The lowest BCUT2D eigenvalue weighted by molar-refractivity contribution is 0.414. The fourth-order valence-electron chi connectivity index (χ4n) is 1.43. The molecule has 0 atom stereocenters. The van der Waals surface area contributed by atoms with Gasteiger partial charge < -0.3 is 10.1 Å². The molecule has 0 heterocycles. The minimum absolute atomic E-state index is 0.760. The van der Waals surface area contributed by atoms with E-state index in [9.17, 15) is 0 Å². The lowest BCUT2D eigenvalue weighted by Gasteiger charge is -2.03. The summed E-state index contributed by atoms with van der Waals surface area (Å²) in [7, 11) is 1.68. The zero-order valence-corrected chi connectivity index (χ0v) is 10.8. The van der Waals surface area contributed by atoms with Crippen molar-refractivity contribution in [3.63, 3.8) is 0 Å². The summed E-state index contributed by atoms with van der Waals surface area (Å²) in [6, 6.07) is 8.08. The van der Waals surface area contributed by atoms with Crippen molar-refractivity contribution >= 4 is 0 Å². The molecule has 0 amide bonds. The van der Waals surface area contributed by atoms with Crippen molar-refractivity contribution in [1.29, 1.82) is 0 Å². The fourth-order valence-corrected chi connectivity index (χ4v) is 1.43. The maximum Gasteiger partial charge on any atom is 0.118 e. The summed E-state index contributed by atoms with van der Waals surface area (Å²) in [6.07, 6.45) is 3.43. The van der Waals surface area contributed by atoms with Gasteiger partial charge in [0.25, 0.3) is 0 Å². The molecule has 0 unspecified atom stereocenters. The van der Waals surface area contributed by atoms with E-state index < -0.39 is 0 Å². The Morgan fingerprint density at radius 3 is 2.59 bits per heavy atom. The van der Waals surface area contributed by atoms with E-state index in [0.717, 1.165) is 25.3 Å². The number of unbranched alkanes of at least 4 members (excludes halogenated alkanes) is 2. The van der Waals surface area contributed by atoms with Gasteiger partial charge in [0.2, 0.25) is 0 Å². The quantitative estimate of drug-likeness (QED) is 0.600. The molecule has 0 aromatic heterocycles. The Bertz CT molecular complexity index is 359. The molecule has 92 valence electrons. The molecule has 0 spiro atoms. The van der Waals surface area contributed by atoms with Crippen molar-refractivity contribution in [2.24, 2.45) is 0 Å². The average Bonchev–Trinajstić information content (AvgIpc) is 2.38. The highest BCUT2D eigenvalue weighted by molar-refractivity contribution is 5.27. The van der Waals surface area contributed by atoms with Crippen LogP contribution in [-0.4, -0.2) is 13.7 Å². The monoisotopic (exact) mass is 231 g/mol.